The summed E-state index contributed by atoms with van der Waals surface area (Å²) in [5.41, 5.74) is 7.24. The second-order valence-corrected chi connectivity index (χ2v) is 3.05. The van der Waals surface area contributed by atoms with E-state index < -0.39 is 6.04 Å². The standard InChI is InChI=1S/C10H9FN4/c11-8-1-2-9(15-5-8)10(12)7-3-13-6-14-4-7/h1-6,10H,12H2. The number of nitrogens with zero attached hydrogens (tertiary/aromatic N) is 3. The van der Waals surface area contributed by atoms with Crippen LogP contribution in [0, 0.1) is 5.82 Å². The Labute approximate surface area is 86.0 Å². The molecule has 2 aromatic rings. The molecule has 2 rings (SSSR count). The predicted octanol–water partition coefficient (Wildman–Crippen LogP) is 1.06. The highest BCUT2D eigenvalue weighted by Gasteiger charge is 2.10. The third-order valence-corrected chi connectivity index (χ3v) is 2.01. The van der Waals surface area contributed by atoms with Gasteiger partial charge in [-0.3, -0.25) is 4.98 Å². The Morgan fingerprint density at radius 3 is 2.47 bits per heavy atom. The van der Waals surface area contributed by atoms with Crippen molar-refractivity contribution in [3.8, 4) is 0 Å². The molecule has 5 heteroatoms. The zero-order valence-corrected chi connectivity index (χ0v) is 7.84. The summed E-state index contributed by atoms with van der Waals surface area (Å²) in [5, 5.41) is 0. The second-order valence-electron chi connectivity index (χ2n) is 3.05. The molecule has 1 unspecified atom stereocenters. The van der Waals surface area contributed by atoms with Crippen LogP contribution in [0.15, 0.2) is 37.1 Å². The molecule has 2 aromatic heterocycles. The van der Waals surface area contributed by atoms with Gasteiger partial charge in [0, 0.05) is 18.0 Å². The van der Waals surface area contributed by atoms with Gasteiger partial charge in [-0.25, -0.2) is 14.4 Å². The van der Waals surface area contributed by atoms with E-state index in [9.17, 15) is 4.39 Å². The maximum Gasteiger partial charge on any atom is 0.141 e. The van der Waals surface area contributed by atoms with E-state index >= 15 is 0 Å². The molecule has 0 fully saturated rings. The van der Waals surface area contributed by atoms with Crippen LogP contribution >= 0.6 is 0 Å². The van der Waals surface area contributed by atoms with Gasteiger partial charge in [0.05, 0.1) is 17.9 Å². The smallest absolute Gasteiger partial charge is 0.141 e. The van der Waals surface area contributed by atoms with E-state index in [-0.39, 0.29) is 5.82 Å². The van der Waals surface area contributed by atoms with Gasteiger partial charge in [0.25, 0.3) is 0 Å². The molecular weight excluding hydrogens is 195 g/mol. The van der Waals surface area contributed by atoms with Crippen molar-refractivity contribution in [1.29, 1.82) is 0 Å². The van der Waals surface area contributed by atoms with Crippen LogP contribution in [-0.4, -0.2) is 15.0 Å². The van der Waals surface area contributed by atoms with Crippen LogP contribution in [-0.2, 0) is 0 Å². The molecule has 0 aliphatic carbocycles. The topological polar surface area (TPSA) is 64.7 Å². The number of hydrogen-bond donors (Lipinski definition) is 1. The first-order valence-electron chi connectivity index (χ1n) is 4.39. The van der Waals surface area contributed by atoms with Crippen molar-refractivity contribution >= 4 is 0 Å². The molecule has 76 valence electrons. The predicted molar refractivity (Wildman–Crippen MR) is 52.3 cm³/mol. The molecular formula is C10H9FN4. The van der Waals surface area contributed by atoms with Crippen molar-refractivity contribution in [2.24, 2.45) is 5.73 Å². The first-order valence-corrected chi connectivity index (χ1v) is 4.39. The van der Waals surface area contributed by atoms with Crippen molar-refractivity contribution in [2.75, 3.05) is 0 Å². The van der Waals surface area contributed by atoms with Gasteiger partial charge in [-0.1, -0.05) is 0 Å². The zero-order valence-electron chi connectivity index (χ0n) is 7.84. The number of pyridine rings is 1. The average Bonchev–Trinajstić information content (AvgIpc) is 2.30. The summed E-state index contributed by atoms with van der Waals surface area (Å²) in [4.78, 5) is 11.6. The second kappa shape index (κ2) is 4.10. The summed E-state index contributed by atoms with van der Waals surface area (Å²) in [6, 6.07) is 2.45. The summed E-state index contributed by atoms with van der Waals surface area (Å²) in [6.45, 7) is 0. The van der Waals surface area contributed by atoms with Crippen LogP contribution in [0.2, 0.25) is 0 Å². The van der Waals surface area contributed by atoms with Crippen molar-refractivity contribution in [3.05, 3.63) is 54.1 Å². The number of hydrogen-bond acceptors (Lipinski definition) is 4. The largest absolute Gasteiger partial charge is 0.319 e. The lowest BCUT2D eigenvalue weighted by molar-refractivity contribution is 0.617. The molecule has 4 nitrogen and oxygen atoms in total. The maximum atomic E-state index is 12.6. The van der Waals surface area contributed by atoms with Crippen molar-refractivity contribution in [2.45, 2.75) is 6.04 Å². The molecule has 0 spiro atoms. The van der Waals surface area contributed by atoms with Crippen molar-refractivity contribution in [1.82, 2.24) is 15.0 Å². The first kappa shape index (κ1) is 9.67. The third kappa shape index (κ3) is 2.13. The van der Waals surface area contributed by atoms with Gasteiger partial charge in [-0.2, -0.15) is 0 Å². The highest BCUT2D eigenvalue weighted by molar-refractivity contribution is 5.22. The Kier molecular flexibility index (Phi) is 2.64. The molecule has 0 aromatic carbocycles. The Morgan fingerprint density at radius 1 is 1.13 bits per heavy atom. The lowest BCUT2D eigenvalue weighted by atomic mass is 10.1. The molecule has 2 heterocycles. The zero-order chi connectivity index (χ0) is 10.7. The van der Waals surface area contributed by atoms with Gasteiger partial charge < -0.3 is 5.73 Å². The summed E-state index contributed by atoms with van der Waals surface area (Å²) in [6.07, 6.45) is 5.79. The quantitative estimate of drug-likeness (QED) is 0.794. The van der Waals surface area contributed by atoms with Crippen LogP contribution < -0.4 is 5.73 Å². The molecule has 0 bridgehead atoms. The fraction of sp³-hybridized carbons (Fsp3) is 0.100. The van der Waals surface area contributed by atoms with Gasteiger partial charge in [0.15, 0.2) is 0 Å². The molecule has 0 aliphatic heterocycles. The number of halogens is 1. The van der Waals surface area contributed by atoms with E-state index in [0.717, 1.165) is 11.8 Å². The minimum absolute atomic E-state index is 0.379. The lowest BCUT2D eigenvalue weighted by Gasteiger charge is -2.09. The van der Waals surface area contributed by atoms with Crippen LogP contribution in [0.4, 0.5) is 4.39 Å². The number of aromatic nitrogens is 3. The SMILES string of the molecule is NC(c1cncnc1)c1ccc(F)cn1. The minimum atomic E-state index is -0.424. The summed E-state index contributed by atoms with van der Waals surface area (Å²) in [7, 11) is 0. The van der Waals surface area contributed by atoms with Crippen LogP contribution in [0.25, 0.3) is 0 Å². The van der Waals surface area contributed by atoms with Crippen LogP contribution in [0.5, 0.6) is 0 Å². The van der Waals surface area contributed by atoms with E-state index in [1.54, 1.807) is 18.5 Å². The summed E-state index contributed by atoms with van der Waals surface area (Å²) in [5.74, 6) is -0.379. The van der Waals surface area contributed by atoms with E-state index in [1.165, 1.54) is 12.4 Å². The summed E-state index contributed by atoms with van der Waals surface area (Å²) >= 11 is 0. The molecule has 0 saturated heterocycles. The Hall–Kier alpha value is -1.88. The molecule has 0 aliphatic rings. The summed E-state index contributed by atoms with van der Waals surface area (Å²) < 4.78 is 12.6. The lowest BCUT2D eigenvalue weighted by Crippen LogP contribution is -2.14. The van der Waals surface area contributed by atoms with Crippen molar-refractivity contribution < 1.29 is 4.39 Å². The fourth-order valence-electron chi connectivity index (χ4n) is 1.21. The fourth-order valence-corrected chi connectivity index (χ4v) is 1.21. The minimum Gasteiger partial charge on any atom is -0.319 e. The van der Waals surface area contributed by atoms with Gasteiger partial charge in [0.2, 0.25) is 0 Å². The molecule has 0 radical (unpaired) electrons. The highest BCUT2D eigenvalue weighted by Crippen LogP contribution is 2.15. The van der Waals surface area contributed by atoms with E-state index in [0.29, 0.717) is 5.69 Å². The maximum absolute atomic E-state index is 12.6. The van der Waals surface area contributed by atoms with Gasteiger partial charge in [-0.05, 0) is 12.1 Å². The molecule has 1 atom stereocenters. The highest BCUT2D eigenvalue weighted by atomic mass is 19.1. The Bertz CT molecular complexity index is 429. The van der Waals surface area contributed by atoms with Gasteiger partial charge >= 0.3 is 0 Å². The molecule has 15 heavy (non-hydrogen) atoms. The van der Waals surface area contributed by atoms with E-state index in [4.69, 9.17) is 5.73 Å². The molecule has 0 amide bonds. The Balaban J connectivity index is 2.29. The van der Waals surface area contributed by atoms with E-state index in [2.05, 4.69) is 15.0 Å². The van der Waals surface area contributed by atoms with Crippen molar-refractivity contribution in [3.63, 3.8) is 0 Å². The third-order valence-electron chi connectivity index (χ3n) is 2.01. The number of rotatable bonds is 2. The number of nitrogens with two attached hydrogens (primary N) is 1. The van der Waals surface area contributed by atoms with Gasteiger partial charge in [0.1, 0.15) is 12.1 Å². The molecule has 0 saturated carbocycles. The molecule has 2 N–H and O–H groups in total. The first-order chi connectivity index (χ1) is 7.27. The van der Waals surface area contributed by atoms with Crippen LogP contribution in [0.3, 0.4) is 0 Å². The normalized spacial score (nSPS) is 12.4. The van der Waals surface area contributed by atoms with Crippen LogP contribution in [0.1, 0.15) is 17.3 Å². The Morgan fingerprint density at radius 2 is 1.87 bits per heavy atom. The van der Waals surface area contributed by atoms with E-state index in [1.807, 2.05) is 0 Å². The average molecular weight is 204 g/mol. The van der Waals surface area contributed by atoms with Gasteiger partial charge in [-0.15, -0.1) is 0 Å². The monoisotopic (exact) mass is 204 g/mol.